The van der Waals surface area contributed by atoms with Crippen molar-refractivity contribution in [2.75, 3.05) is 20.3 Å². The van der Waals surface area contributed by atoms with Crippen LogP contribution < -0.4 is 20.1 Å². The fourth-order valence-electron chi connectivity index (χ4n) is 4.12. The number of halogens is 3. The molecule has 0 saturated carbocycles. The Balaban J connectivity index is 1.93. The number of rotatable bonds is 12. The molecule has 198 valence electrons. The zero-order chi connectivity index (χ0) is 26.8. The molecular weight excluding hydrogens is 481 g/mol. The molecule has 37 heavy (non-hydrogen) atoms. The van der Waals surface area contributed by atoms with E-state index in [0.717, 1.165) is 28.8 Å². The van der Waals surface area contributed by atoms with Gasteiger partial charge in [0.25, 0.3) is 0 Å². The summed E-state index contributed by atoms with van der Waals surface area (Å²) in [4.78, 5) is 12.9. The highest BCUT2D eigenvalue weighted by Gasteiger charge is 2.30. The number of amides is 1. The van der Waals surface area contributed by atoms with E-state index in [1.165, 1.54) is 12.1 Å². The third kappa shape index (κ3) is 7.73. The van der Waals surface area contributed by atoms with Crippen LogP contribution in [0.25, 0.3) is 0 Å². The predicted molar refractivity (Wildman–Crippen MR) is 138 cm³/mol. The maximum Gasteiger partial charge on any atom is 0.416 e. The molecule has 0 aliphatic carbocycles. The van der Waals surface area contributed by atoms with E-state index in [-0.39, 0.29) is 11.9 Å². The van der Waals surface area contributed by atoms with Crippen LogP contribution in [0.3, 0.4) is 0 Å². The Bertz CT molecular complexity index is 1140. The topological polar surface area (TPSA) is 59.6 Å². The number of nitrogens with one attached hydrogen (secondary N) is 2. The van der Waals surface area contributed by atoms with Gasteiger partial charge in [-0.05, 0) is 67.6 Å². The third-order valence-corrected chi connectivity index (χ3v) is 5.98. The largest absolute Gasteiger partial charge is 0.490 e. The lowest BCUT2D eigenvalue weighted by molar-refractivity contribution is -0.137. The van der Waals surface area contributed by atoms with Gasteiger partial charge in [0.1, 0.15) is 6.04 Å². The minimum atomic E-state index is -4.38. The molecule has 0 unspecified atom stereocenters. The molecule has 0 fully saturated rings. The number of hydrogen-bond donors (Lipinski definition) is 2. The molecule has 3 aromatic carbocycles. The van der Waals surface area contributed by atoms with E-state index in [4.69, 9.17) is 9.47 Å². The van der Waals surface area contributed by atoms with E-state index in [1.54, 1.807) is 7.05 Å². The zero-order valence-electron chi connectivity index (χ0n) is 21.3. The Morgan fingerprint density at radius 3 is 2.11 bits per heavy atom. The molecule has 3 rings (SSSR count). The molecule has 0 spiro atoms. The molecule has 0 bridgehead atoms. The first kappa shape index (κ1) is 28.1. The third-order valence-electron chi connectivity index (χ3n) is 5.98. The van der Waals surface area contributed by atoms with Gasteiger partial charge in [0.05, 0.1) is 18.8 Å². The lowest BCUT2D eigenvalue weighted by Crippen LogP contribution is -2.38. The van der Waals surface area contributed by atoms with E-state index >= 15 is 0 Å². The van der Waals surface area contributed by atoms with Crippen molar-refractivity contribution in [3.63, 3.8) is 0 Å². The molecule has 0 radical (unpaired) electrons. The maximum atomic E-state index is 13.0. The van der Waals surface area contributed by atoms with Crippen LogP contribution in [0.1, 0.15) is 54.6 Å². The van der Waals surface area contributed by atoms with Gasteiger partial charge in [0.2, 0.25) is 5.91 Å². The van der Waals surface area contributed by atoms with Crippen molar-refractivity contribution >= 4 is 5.91 Å². The second kappa shape index (κ2) is 13.1. The zero-order valence-corrected chi connectivity index (χ0v) is 21.3. The summed E-state index contributed by atoms with van der Waals surface area (Å²) in [5, 5.41) is 6.20. The van der Waals surface area contributed by atoms with Gasteiger partial charge in [-0.2, -0.15) is 13.2 Å². The van der Waals surface area contributed by atoms with Crippen molar-refractivity contribution in [2.45, 2.75) is 44.9 Å². The highest BCUT2D eigenvalue weighted by molar-refractivity contribution is 5.83. The molecule has 0 aliphatic rings. The summed E-state index contributed by atoms with van der Waals surface area (Å²) in [6.45, 7) is 4.73. The molecule has 0 saturated heterocycles. The summed E-state index contributed by atoms with van der Waals surface area (Å²) < 4.78 is 50.5. The summed E-state index contributed by atoms with van der Waals surface area (Å²) >= 11 is 0. The average Bonchev–Trinajstić information content (AvgIpc) is 2.90. The summed E-state index contributed by atoms with van der Waals surface area (Å²) in [6, 6.07) is 19.3. The maximum absolute atomic E-state index is 13.0. The van der Waals surface area contributed by atoms with Crippen LogP contribution in [0.15, 0.2) is 72.8 Å². The van der Waals surface area contributed by atoms with Crippen LogP contribution in [0.4, 0.5) is 13.2 Å². The minimum absolute atomic E-state index is 0.193. The van der Waals surface area contributed by atoms with Gasteiger partial charge in [-0.15, -0.1) is 0 Å². The second-order valence-electron chi connectivity index (χ2n) is 8.48. The molecule has 0 heterocycles. The van der Waals surface area contributed by atoms with Crippen molar-refractivity contribution in [1.29, 1.82) is 0 Å². The van der Waals surface area contributed by atoms with E-state index < -0.39 is 17.8 Å². The van der Waals surface area contributed by atoms with Gasteiger partial charge in [-0.25, -0.2) is 0 Å². The number of carbonyl (C=O) groups excluding carboxylic acids is 1. The highest BCUT2D eigenvalue weighted by Crippen LogP contribution is 2.34. The van der Waals surface area contributed by atoms with Crippen LogP contribution in [0, 0.1) is 0 Å². The smallest absolute Gasteiger partial charge is 0.416 e. The standard InChI is InChI=1S/C29H33F3N2O3/c1-4-36-25-18-14-22(19-26(25)37-5-2)24(17-13-20-11-15-23(16-12-20)29(30,31)32)34-27(28(35)33-3)21-9-7-6-8-10-21/h6-12,14-16,18-19,24,27,34H,4-5,13,17H2,1-3H3,(H,33,35)/t24-,27-/m0/s1. The SMILES string of the molecule is CCOc1ccc([C@H](CCc2ccc(C(F)(F)F)cc2)N[C@H](C(=O)NC)c2ccccc2)cc1OCC. The first-order valence-electron chi connectivity index (χ1n) is 12.3. The normalized spacial score (nSPS) is 13.0. The highest BCUT2D eigenvalue weighted by atomic mass is 19.4. The van der Waals surface area contributed by atoms with Crippen molar-refractivity contribution in [2.24, 2.45) is 0 Å². The molecule has 8 heteroatoms. The molecule has 2 atom stereocenters. The summed E-state index contributed by atoms with van der Waals surface area (Å²) in [5.41, 5.74) is 1.77. The van der Waals surface area contributed by atoms with E-state index in [9.17, 15) is 18.0 Å². The van der Waals surface area contributed by atoms with Crippen molar-refractivity contribution in [3.05, 3.63) is 95.1 Å². The number of carbonyl (C=O) groups is 1. The van der Waals surface area contributed by atoms with Gasteiger partial charge < -0.3 is 14.8 Å². The fraction of sp³-hybridized carbons (Fsp3) is 0.345. The quantitative estimate of drug-likeness (QED) is 0.300. The van der Waals surface area contributed by atoms with Crippen molar-refractivity contribution < 1.29 is 27.4 Å². The predicted octanol–water partition coefficient (Wildman–Crippen LogP) is 6.25. The summed E-state index contributed by atoms with van der Waals surface area (Å²) in [7, 11) is 1.58. The Morgan fingerprint density at radius 1 is 0.865 bits per heavy atom. The van der Waals surface area contributed by atoms with Gasteiger partial charge in [0.15, 0.2) is 11.5 Å². The summed E-state index contributed by atoms with van der Waals surface area (Å²) in [6.07, 6.45) is -3.34. The van der Waals surface area contributed by atoms with Gasteiger partial charge in [-0.3, -0.25) is 10.1 Å². The first-order valence-corrected chi connectivity index (χ1v) is 12.3. The van der Waals surface area contributed by atoms with Crippen LogP contribution >= 0.6 is 0 Å². The number of hydrogen-bond acceptors (Lipinski definition) is 4. The minimum Gasteiger partial charge on any atom is -0.490 e. The lowest BCUT2D eigenvalue weighted by atomic mass is 9.95. The second-order valence-corrected chi connectivity index (χ2v) is 8.48. The van der Waals surface area contributed by atoms with Crippen molar-refractivity contribution in [3.8, 4) is 11.5 Å². The molecule has 0 aromatic heterocycles. The van der Waals surface area contributed by atoms with Crippen LogP contribution in [-0.4, -0.2) is 26.2 Å². The Labute approximate surface area is 216 Å². The number of ether oxygens (including phenoxy) is 2. The van der Waals surface area contributed by atoms with E-state index in [0.29, 0.717) is 37.6 Å². The molecule has 2 N–H and O–H groups in total. The van der Waals surface area contributed by atoms with Crippen molar-refractivity contribution in [1.82, 2.24) is 10.6 Å². The Morgan fingerprint density at radius 2 is 1.51 bits per heavy atom. The van der Waals surface area contributed by atoms with Gasteiger partial charge >= 0.3 is 6.18 Å². The number of alkyl halides is 3. The first-order chi connectivity index (χ1) is 17.8. The molecule has 3 aromatic rings. The number of aryl methyl sites for hydroxylation is 1. The lowest BCUT2D eigenvalue weighted by Gasteiger charge is -2.26. The van der Waals surface area contributed by atoms with E-state index in [2.05, 4.69) is 10.6 Å². The van der Waals surface area contributed by atoms with Gasteiger partial charge in [0, 0.05) is 13.1 Å². The van der Waals surface area contributed by atoms with Gasteiger partial charge in [-0.1, -0.05) is 48.5 Å². The van der Waals surface area contributed by atoms with Crippen LogP contribution in [0.5, 0.6) is 11.5 Å². The molecule has 1 amide bonds. The molecule has 0 aliphatic heterocycles. The molecular formula is C29H33F3N2O3. The number of benzene rings is 3. The Kier molecular flexibility index (Phi) is 9.97. The average molecular weight is 515 g/mol. The Hall–Kier alpha value is -3.52. The summed E-state index contributed by atoms with van der Waals surface area (Å²) in [5.74, 6) is 1.03. The fourth-order valence-corrected chi connectivity index (χ4v) is 4.12. The van der Waals surface area contributed by atoms with Crippen LogP contribution in [0.2, 0.25) is 0 Å². The van der Waals surface area contributed by atoms with Crippen LogP contribution in [-0.2, 0) is 17.4 Å². The number of likely N-dealkylation sites (N-methyl/N-ethyl adjacent to an activating group) is 1. The van der Waals surface area contributed by atoms with E-state index in [1.807, 2.05) is 62.4 Å². The molecule has 5 nitrogen and oxygen atoms in total. The monoisotopic (exact) mass is 514 g/mol.